The van der Waals surface area contributed by atoms with E-state index in [0.29, 0.717) is 19.0 Å². The van der Waals surface area contributed by atoms with Crippen LogP contribution in [-0.4, -0.2) is 32.3 Å². The molecule has 1 aromatic carbocycles. The number of halogens is 1. The summed E-state index contributed by atoms with van der Waals surface area (Å²) in [5.74, 6) is -0.616. The van der Waals surface area contributed by atoms with Crippen molar-refractivity contribution in [2.24, 2.45) is 11.1 Å². The van der Waals surface area contributed by atoms with Crippen LogP contribution in [-0.2, 0) is 10.0 Å². The summed E-state index contributed by atoms with van der Waals surface area (Å²) in [6, 6.07) is 2.97. The summed E-state index contributed by atoms with van der Waals surface area (Å²) < 4.78 is 36.5. The van der Waals surface area contributed by atoms with Gasteiger partial charge in [-0.1, -0.05) is 6.92 Å². The predicted octanol–water partition coefficient (Wildman–Crippen LogP) is 1.74. The minimum absolute atomic E-state index is 0.188. The first-order valence-corrected chi connectivity index (χ1v) is 8.45. The molecule has 1 unspecified atom stereocenters. The second-order valence-electron chi connectivity index (χ2n) is 5.51. The van der Waals surface area contributed by atoms with E-state index >= 15 is 0 Å². The summed E-state index contributed by atoms with van der Waals surface area (Å²) in [5.41, 5.74) is -0.188. The van der Waals surface area contributed by atoms with Crippen LogP contribution < -0.4 is 5.14 Å². The average Bonchev–Trinajstić information content (AvgIpc) is 2.61. The molecule has 1 aliphatic rings. The highest BCUT2D eigenvalue weighted by atomic mass is 32.2. The Morgan fingerprint density at radius 3 is 2.71 bits per heavy atom. The molecule has 5 nitrogen and oxygen atoms in total. The maximum Gasteiger partial charge on any atom is 0.255 e. The topological polar surface area (TPSA) is 80.5 Å². The fourth-order valence-electron chi connectivity index (χ4n) is 2.55. The van der Waals surface area contributed by atoms with Crippen molar-refractivity contribution in [1.82, 2.24) is 4.90 Å². The maximum atomic E-state index is 13.4. The zero-order valence-electron chi connectivity index (χ0n) is 11.9. The number of carbonyl (C=O) groups excluding carboxylic acids is 1. The SMILES string of the molecule is CC1CCCN(C(=O)c2cc(F)ccc2S(N)(=O)=O)CC1. The van der Waals surface area contributed by atoms with Gasteiger partial charge in [-0.2, -0.15) is 0 Å². The molecular weight excluding hydrogens is 295 g/mol. The Morgan fingerprint density at radius 1 is 1.33 bits per heavy atom. The molecular formula is C14H19FN2O3S. The monoisotopic (exact) mass is 314 g/mol. The molecule has 2 rings (SSSR count). The van der Waals surface area contributed by atoms with Crippen molar-refractivity contribution >= 4 is 15.9 Å². The molecule has 2 N–H and O–H groups in total. The number of rotatable bonds is 2. The number of sulfonamides is 1. The van der Waals surface area contributed by atoms with Gasteiger partial charge in [0, 0.05) is 13.1 Å². The summed E-state index contributed by atoms with van der Waals surface area (Å²) >= 11 is 0. The largest absolute Gasteiger partial charge is 0.339 e. The van der Waals surface area contributed by atoms with Gasteiger partial charge in [0.2, 0.25) is 10.0 Å². The highest BCUT2D eigenvalue weighted by Crippen LogP contribution is 2.22. The lowest BCUT2D eigenvalue weighted by Crippen LogP contribution is -2.33. The molecule has 1 heterocycles. The highest BCUT2D eigenvalue weighted by Gasteiger charge is 2.25. The maximum absolute atomic E-state index is 13.4. The van der Waals surface area contributed by atoms with Crippen molar-refractivity contribution < 1.29 is 17.6 Å². The summed E-state index contributed by atoms with van der Waals surface area (Å²) in [6.07, 6.45) is 2.73. The lowest BCUT2D eigenvalue weighted by molar-refractivity contribution is 0.0756. The van der Waals surface area contributed by atoms with Gasteiger partial charge in [-0.25, -0.2) is 17.9 Å². The van der Waals surface area contributed by atoms with Crippen LogP contribution >= 0.6 is 0 Å². The van der Waals surface area contributed by atoms with Gasteiger partial charge in [0.25, 0.3) is 5.91 Å². The Morgan fingerprint density at radius 2 is 2.05 bits per heavy atom. The third-order valence-corrected chi connectivity index (χ3v) is 4.75. The molecule has 1 amide bonds. The molecule has 21 heavy (non-hydrogen) atoms. The van der Waals surface area contributed by atoms with Gasteiger partial charge in [-0.15, -0.1) is 0 Å². The van der Waals surface area contributed by atoms with Gasteiger partial charge >= 0.3 is 0 Å². The zero-order valence-corrected chi connectivity index (χ0v) is 12.7. The minimum Gasteiger partial charge on any atom is -0.339 e. The van der Waals surface area contributed by atoms with Crippen LogP contribution in [0.5, 0.6) is 0 Å². The van der Waals surface area contributed by atoms with Gasteiger partial charge in [0.15, 0.2) is 0 Å². The summed E-state index contributed by atoms with van der Waals surface area (Å²) in [4.78, 5) is 13.8. The standard InChI is InChI=1S/C14H19FN2O3S/c1-10-3-2-7-17(8-6-10)14(18)12-9-11(15)4-5-13(12)21(16,19)20/h4-5,9-10H,2-3,6-8H2,1H3,(H2,16,19,20). The van der Waals surface area contributed by atoms with E-state index in [9.17, 15) is 17.6 Å². The molecule has 1 saturated heterocycles. The third-order valence-electron chi connectivity index (χ3n) is 3.78. The van der Waals surface area contributed by atoms with Crippen LogP contribution in [0.3, 0.4) is 0 Å². The summed E-state index contributed by atoms with van der Waals surface area (Å²) in [5, 5.41) is 5.11. The molecule has 1 atom stereocenters. The first-order valence-electron chi connectivity index (χ1n) is 6.90. The molecule has 1 aliphatic heterocycles. The smallest absolute Gasteiger partial charge is 0.255 e. The fraction of sp³-hybridized carbons (Fsp3) is 0.500. The zero-order chi connectivity index (χ0) is 15.6. The highest BCUT2D eigenvalue weighted by molar-refractivity contribution is 7.89. The van der Waals surface area contributed by atoms with Gasteiger partial charge in [0.1, 0.15) is 5.82 Å². The fourth-order valence-corrected chi connectivity index (χ4v) is 3.26. The Hall–Kier alpha value is -1.47. The predicted molar refractivity (Wildman–Crippen MR) is 76.7 cm³/mol. The molecule has 0 saturated carbocycles. The lowest BCUT2D eigenvalue weighted by Gasteiger charge is -2.21. The Balaban J connectivity index is 2.36. The van der Waals surface area contributed by atoms with Crippen molar-refractivity contribution in [2.75, 3.05) is 13.1 Å². The summed E-state index contributed by atoms with van der Waals surface area (Å²) in [6.45, 7) is 3.20. The average molecular weight is 314 g/mol. The normalized spacial score (nSPS) is 20.1. The van der Waals surface area contributed by atoms with Crippen LogP contribution in [0, 0.1) is 11.7 Å². The number of benzene rings is 1. The second-order valence-corrected chi connectivity index (χ2v) is 7.04. The molecule has 7 heteroatoms. The molecule has 0 aromatic heterocycles. The van der Waals surface area contributed by atoms with Gasteiger partial charge < -0.3 is 4.90 Å². The molecule has 116 valence electrons. The van der Waals surface area contributed by atoms with E-state index in [2.05, 4.69) is 6.92 Å². The van der Waals surface area contributed by atoms with Crippen LogP contribution in [0.15, 0.2) is 23.1 Å². The van der Waals surface area contributed by atoms with Crippen molar-refractivity contribution in [3.63, 3.8) is 0 Å². The van der Waals surface area contributed by atoms with Crippen molar-refractivity contribution in [3.8, 4) is 0 Å². The number of hydrogen-bond acceptors (Lipinski definition) is 3. The Labute approximate surface area is 124 Å². The summed E-state index contributed by atoms with van der Waals surface area (Å²) in [7, 11) is -4.07. The lowest BCUT2D eigenvalue weighted by atomic mass is 10.0. The van der Waals surface area contributed by atoms with Crippen LogP contribution in [0.1, 0.15) is 36.5 Å². The molecule has 1 aromatic rings. The van der Waals surface area contributed by atoms with E-state index < -0.39 is 21.7 Å². The number of amides is 1. The first kappa shape index (κ1) is 15.9. The molecule has 0 bridgehead atoms. The van der Waals surface area contributed by atoms with Crippen molar-refractivity contribution in [1.29, 1.82) is 0 Å². The minimum atomic E-state index is -4.07. The number of nitrogens with zero attached hydrogens (tertiary/aromatic N) is 1. The molecule has 0 spiro atoms. The molecule has 0 aliphatic carbocycles. The van der Waals surface area contributed by atoms with Gasteiger partial charge in [-0.05, 0) is 43.4 Å². The van der Waals surface area contributed by atoms with Gasteiger partial charge in [0.05, 0.1) is 10.5 Å². The van der Waals surface area contributed by atoms with E-state index in [4.69, 9.17) is 5.14 Å². The van der Waals surface area contributed by atoms with Crippen molar-refractivity contribution in [2.45, 2.75) is 31.1 Å². The number of nitrogens with two attached hydrogens (primary N) is 1. The Bertz CT molecular complexity index is 646. The molecule has 0 radical (unpaired) electrons. The Kier molecular flexibility index (Phi) is 4.63. The number of likely N-dealkylation sites (tertiary alicyclic amines) is 1. The number of carbonyl (C=O) groups is 1. The van der Waals surface area contributed by atoms with Crippen LogP contribution in [0.2, 0.25) is 0 Å². The van der Waals surface area contributed by atoms with E-state index in [1.807, 2.05) is 0 Å². The van der Waals surface area contributed by atoms with E-state index in [0.717, 1.165) is 37.5 Å². The quantitative estimate of drug-likeness (QED) is 0.903. The number of hydrogen-bond donors (Lipinski definition) is 1. The van der Waals surface area contributed by atoms with Crippen molar-refractivity contribution in [3.05, 3.63) is 29.6 Å². The number of primary sulfonamides is 1. The first-order chi connectivity index (χ1) is 9.79. The van der Waals surface area contributed by atoms with Crippen LogP contribution in [0.4, 0.5) is 4.39 Å². The van der Waals surface area contributed by atoms with E-state index in [-0.39, 0.29) is 10.5 Å². The van der Waals surface area contributed by atoms with Gasteiger partial charge in [-0.3, -0.25) is 4.79 Å². The second kappa shape index (κ2) is 6.11. The van der Waals surface area contributed by atoms with Crippen LogP contribution in [0.25, 0.3) is 0 Å². The van der Waals surface area contributed by atoms with E-state index in [1.165, 1.54) is 0 Å². The third kappa shape index (κ3) is 3.79. The van der Waals surface area contributed by atoms with E-state index in [1.54, 1.807) is 4.90 Å². The molecule has 1 fully saturated rings.